The fraction of sp³-hybridized carbons (Fsp3) is 0.778. The summed E-state index contributed by atoms with van der Waals surface area (Å²) >= 11 is 5.15. The van der Waals surface area contributed by atoms with Gasteiger partial charge in [-0.3, -0.25) is 0 Å². The van der Waals surface area contributed by atoms with Gasteiger partial charge in [-0.15, -0.1) is 0 Å². The summed E-state index contributed by atoms with van der Waals surface area (Å²) in [5, 5.41) is 12.5. The number of hydrogen-bond donors (Lipinski definition) is 1. The Morgan fingerprint density at radius 3 is 2.62 bits per heavy atom. The molecule has 0 saturated heterocycles. The molecule has 1 N–H and O–H groups in total. The van der Waals surface area contributed by atoms with Gasteiger partial charge in [0.1, 0.15) is 0 Å². The second kappa shape index (κ2) is 6.67. The van der Waals surface area contributed by atoms with E-state index in [4.69, 9.17) is 17.5 Å². The molecule has 0 aliphatic heterocycles. The van der Waals surface area contributed by atoms with Crippen LogP contribution in [-0.2, 0) is 0 Å². The van der Waals surface area contributed by atoms with E-state index in [9.17, 15) is 0 Å². The zero-order valence-corrected chi connectivity index (χ0v) is 9.32. The quantitative estimate of drug-likeness (QED) is 0.694. The summed E-state index contributed by atoms with van der Waals surface area (Å²) in [6, 6.07) is 2.20. The minimum Gasteiger partial charge on any atom is -0.363 e. The van der Waals surface area contributed by atoms with Crippen molar-refractivity contribution in [1.82, 2.24) is 10.2 Å². The average Bonchev–Trinajstić information content (AvgIpc) is 2.14. The first kappa shape index (κ1) is 12.2. The molecule has 0 spiro atoms. The third-order valence-electron chi connectivity index (χ3n) is 1.71. The van der Waals surface area contributed by atoms with Crippen LogP contribution in [0.5, 0.6) is 0 Å². The molecule has 0 heterocycles. The highest BCUT2D eigenvalue weighted by atomic mass is 32.1. The molecule has 0 aromatic heterocycles. The normalized spacial score (nSPS) is 11.5. The highest BCUT2D eigenvalue weighted by Gasteiger charge is 2.09. The van der Waals surface area contributed by atoms with E-state index in [1.807, 2.05) is 25.7 Å². The van der Waals surface area contributed by atoms with Gasteiger partial charge >= 0.3 is 0 Å². The Labute approximate surface area is 85.7 Å². The van der Waals surface area contributed by atoms with E-state index >= 15 is 0 Å². The van der Waals surface area contributed by atoms with Crippen LogP contribution in [-0.4, -0.2) is 29.6 Å². The molecular formula is C9H17N3S. The molecule has 0 radical (unpaired) electrons. The van der Waals surface area contributed by atoms with E-state index in [0.29, 0.717) is 6.54 Å². The van der Waals surface area contributed by atoms with Crippen LogP contribution in [0.25, 0.3) is 0 Å². The number of nitrogens with zero attached hydrogens (tertiary/aromatic N) is 2. The van der Waals surface area contributed by atoms with E-state index in [2.05, 4.69) is 11.4 Å². The minimum atomic E-state index is 0.0246. The van der Waals surface area contributed by atoms with E-state index in [1.165, 1.54) is 0 Å². The SMILES string of the molecule is CCNC(=S)N(CC)CC(C)C#N. The molecule has 0 aromatic carbocycles. The van der Waals surface area contributed by atoms with Crippen molar-refractivity contribution in [2.24, 2.45) is 5.92 Å². The summed E-state index contributed by atoms with van der Waals surface area (Å²) in [5.74, 6) is 0.0246. The summed E-state index contributed by atoms with van der Waals surface area (Å²) in [6.45, 7) is 8.33. The van der Waals surface area contributed by atoms with Crippen molar-refractivity contribution >= 4 is 17.3 Å². The van der Waals surface area contributed by atoms with Gasteiger partial charge in [-0.05, 0) is 33.0 Å². The molecule has 0 aromatic rings. The van der Waals surface area contributed by atoms with Crippen LogP contribution in [0.3, 0.4) is 0 Å². The van der Waals surface area contributed by atoms with Crippen molar-refractivity contribution in [1.29, 1.82) is 5.26 Å². The van der Waals surface area contributed by atoms with Crippen molar-refractivity contribution in [2.45, 2.75) is 20.8 Å². The lowest BCUT2D eigenvalue weighted by Crippen LogP contribution is -2.41. The number of thiocarbonyl (C=S) groups is 1. The number of nitrogens with one attached hydrogen (secondary N) is 1. The summed E-state index contributed by atoms with van der Waals surface area (Å²) in [6.07, 6.45) is 0. The summed E-state index contributed by atoms with van der Waals surface area (Å²) in [7, 11) is 0. The Morgan fingerprint density at radius 1 is 1.62 bits per heavy atom. The zero-order valence-electron chi connectivity index (χ0n) is 8.50. The van der Waals surface area contributed by atoms with Crippen molar-refractivity contribution in [2.75, 3.05) is 19.6 Å². The molecule has 0 aliphatic carbocycles. The van der Waals surface area contributed by atoms with Gasteiger partial charge in [0, 0.05) is 19.6 Å². The zero-order chi connectivity index (χ0) is 10.3. The maximum absolute atomic E-state index is 8.65. The molecule has 0 rings (SSSR count). The Bertz CT molecular complexity index is 198. The summed E-state index contributed by atoms with van der Waals surface area (Å²) in [4.78, 5) is 2.01. The predicted molar refractivity (Wildman–Crippen MR) is 58.3 cm³/mol. The molecule has 1 atom stereocenters. The van der Waals surface area contributed by atoms with Crippen molar-refractivity contribution in [3.63, 3.8) is 0 Å². The first-order valence-electron chi connectivity index (χ1n) is 4.58. The molecule has 0 aliphatic rings. The predicted octanol–water partition coefficient (Wildman–Crippen LogP) is 1.36. The van der Waals surface area contributed by atoms with E-state index < -0.39 is 0 Å². The summed E-state index contributed by atoms with van der Waals surface area (Å²) < 4.78 is 0. The van der Waals surface area contributed by atoms with E-state index in [1.54, 1.807) is 0 Å². The van der Waals surface area contributed by atoms with Crippen LogP contribution < -0.4 is 5.32 Å². The Hall–Kier alpha value is -0.820. The fourth-order valence-electron chi connectivity index (χ4n) is 0.990. The lowest BCUT2D eigenvalue weighted by molar-refractivity contribution is 0.398. The van der Waals surface area contributed by atoms with Crippen LogP contribution >= 0.6 is 12.2 Å². The third-order valence-corrected chi connectivity index (χ3v) is 2.11. The fourth-order valence-corrected chi connectivity index (χ4v) is 1.34. The maximum Gasteiger partial charge on any atom is 0.168 e. The topological polar surface area (TPSA) is 39.1 Å². The molecule has 0 amide bonds. The van der Waals surface area contributed by atoms with Gasteiger partial charge in [-0.1, -0.05) is 0 Å². The molecule has 13 heavy (non-hydrogen) atoms. The van der Waals surface area contributed by atoms with Crippen LogP contribution in [0.4, 0.5) is 0 Å². The third kappa shape index (κ3) is 4.69. The van der Waals surface area contributed by atoms with Crippen LogP contribution in [0, 0.1) is 17.2 Å². The number of nitriles is 1. The van der Waals surface area contributed by atoms with Crippen LogP contribution in [0.2, 0.25) is 0 Å². The van der Waals surface area contributed by atoms with Gasteiger partial charge < -0.3 is 10.2 Å². The minimum absolute atomic E-state index is 0.0246. The van der Waals surface area contributed by atoms with Gasteiger partial charge in [-0.25, -0.2) is 0 Å². The monoisotopic (exact) mass is 199 g/mol. The molecule has 74 valence electrons. The molecule has 0 bridgehead atoms. The highest BCUT2D eigenvalue weighted by molar-refractivity contribution is 7.80. The second-order valence-corrected chi connectivity index (χ2v) is 3.29. The molecule has 4 heteroatoms. The average molecular weight is 199 g/mol. The number of hydrogen-bond acceptors (Lipinski definition) is 2. The lowest BCUT2D eigenvalue weighted by atomic mass is 10.2. The standard InChI is InChI=1S/C9H17N3S/c1-4-11-9(13)12(5-2)7-8(3)6-10/h8H,4-5,7H2,1-3H3,(H,11,13). The number of rotatable bonds is 4. The van der Waals surface area contributed by atoms with Crippen molar-refractivity contribution < 1.29 is 0 Å². The smallest absolute Gasteiger partial charge is 0.168 e. The van der Waals surface area contributed by atoms with Crippen LogP contribution in [0.1, 0.15) is 20.8 Å². The van der Waals surface area contributed by atoms with Gasteiger partial charge in [-0.2, -0.15) is 5.26 Å². The molecule has 3 nitrogen and oxygen atoms in total. The van der Waals surface area contributed by atoms with Gasteiger partial charge in [0.2, 0.25) is 0 Å². The Kier molecular flexibility index (Phi) is 6.25. The van der Waals surface area contributed by atoms with Crippen molar-refractivity contribution in [3.8, 4) is 6.07 Å². The maximum atomic E-state index is 8.65. The van der Waals surface area contributed by atoms with E-state index in [0.717, 1.165) is 18.2 Å². The first-order valence-corrected chi connectivity index (χ1v) is 4.98. The van der Waals surface area contributed by atoms with E-state index in [-0.39, 0.29) is 5.92 Å². The largest absolute Gasteiger partial charge is 0.363 e. The first-order chi connectivity index (χ1) is 6.15. The molecular weight excluding hydrogens is 182 g/mol. The molecule has 1 unspecified atom stereocenters. The molecule has 0 saturated carbocycles. The second-order valence-electron chi connectivity index (χ2n) is 2.90. The van der Waals surface area contributed by atoms with Gasteiger partial charge in [0.05, 0.1) is 12.0 Å². The Morgan fingerprint density at radius 2 is 2.23 bits per heavy atom. The lowest BCUT2D eigenvalue weighted by Gasteiger charge is -2.24. The summed E-state index contributed by atoms with van der Waals surface area (Å²) in [5.41, 5.74) is 0. The van der Waals surface area contributed by atoms with Crippen LogP contribution in [0.15, 0.2) is 0 Å². The Balaban J connectivity index is 4.03. The van der Waals surface area contributed by atoms with Gasteiger partial charge in [0.25, 0.3) is 0 Å². The molecule has 0 fully saturated rings. The highest BCUT2D eigenvalue weighted by Crippen LogP contribution is 1.98. The van der Waals surface area contributed by atoms with Gasteiger partial charge in [0.15, 0.2) is 5.11 Å². The van der Waals surface area contributed by atoms with Crippen molar-refractivity contribution in [3.05, 3.63) is 0 Å².